The minimum atomic E-state index is -2.44. The molecule has 2 N–H and O–H groups in total. The van der Waals surface area contributed by atoms with Crippen LogP contribution >= 0.6 is 0 Å². The summed E-state index contributed by atoms with van der Waals surface area (Å²) in [6.45, 7) is 2.36. The van der Waals surface area contributed by atoms with Gasteiger partial charge in [0.05, 0.1) is 18.8 Å². The Kier molecular flexibility index (Phi) is 5.58. The number of alkyl halides is 2. The molecule has 0 bridgehead atoms. The molecule has 1 atom stereocenters. The van der Waals surface area contributed by atoms with Crippen LogP contribution in [0.4, 0.5) is 8.78 Å². The van der Waals surface area contributed by atoms with Crippen molar-refractivity contribution in [2.45, 2.75) is 38.2 Å². The molecule has 1 saturated carbocycles. The molecular weight excluding hydrogens is 216 g/mol. The van der Waals surface area contributed by atoms with Gasteiger partial charge in [-0.05, 0) is 31.7 Å². The van der Waals surface area contributed by atoms with E-state index >= 15 is 0 Å². The van der Waals surface area contributed by atoms with Crippen molar-refractivity contribution in [3.63, 3.8) is 0 Å². The maximum absolute atomic E-state index is 12.0. The maximum Gasteiger partial charge on any atom is 0.261 e. The fourth-order valence-corrected chi connectivity index (χ4v) is 1.88. The van der Waals surface area contributed by atoms with E-state index in [1.165, 1.54) is 0 Å². The fourth-order valence-electron chi connectivity index (χ4n) is 1.88. The summed E-state index contributed by atoms with van der Waals surface area (Å²) in [7, 11) is 0. The van der Waals surface area contributed by atoms with Crippen molar-refractivity contribution in [3.8, 4) is 0 Å². The van der Waals surface area contributed by atoms with E-state index in [4.69, 9.17) is 4.74 Å². The van der Waals surface area contributed by atoms with Gasteiger partial charge in [-0.25, -0.2) is 8.78 Å². The number of nitrogens with one attached hydrogen (secondary N) is 1. The van der Waals surface area contributed by atoms with Gasteiger partial charge in [-0.2, -0.15) is 0 Å². The van der Waals surface area contributed by atoms with Crippen LogP contribution < -0.4 is 5.32 Å². The van der Waals surface area contributed by atoms with E-state index in [9.17, 15) is 13.9 Å². The third-order valence-corrected chi connectivity index (χ3v) is 2.97. The summed E-state index contributed by atoms with van der Waals surface area (Å²) < 4.78 is 28.9. The second kappa shape index (κ2) is 6.47. The highest BCUT2D eigenvalue weighted by atomic mass is 19.3. The van der Waals surface area contributed by atoms with E-state index in [-0.39, 0.29) is 13.2 Å². The van der Waals surface area contributed by atoms with E-state index < -0.39 is 18.6 Å². The zero-order valence-corrected chi connectivity index (χ0v) is 9.72. The summed E-state index contributed by atoms with van der Waals surface area (Å²) in [4.78, 5) is 0. The highest BCUT2D eigenvalue weighted by molar-refractivity contribution is 5.00. The van der Waals surface area contributed by atoms with Gasteiger partial charge in [0, 0.05) is 0 Å². The predicted molar refractivity (Wildman–Crippen MR) is 57.7 cm³/mol. The Hall–Kier alpha value is -0.260. The number of hydrogen-bond donors (Lipinski definition) is 2. The van der Waals surface area contributed by atoms with Crippen molar-refractivity contribution in [1.82, 2.24) is 5.32 Å². The van der Waals surface area contributed by atoms with Crippen molar-refractivity contribution >= 4 is 0 Å². The summed E-state index contributed by atoms with van der Waals surface area (Å²) in [5.41, 5.74) is -0.509. The monoisotopic (exact) mass is 237 g/mol. The van der Waals surface area contributed by atoms with Crippen molar-refractivity contribution in [1.29, 1.82) is 0 Å². The number of hydrogen-bond acceptors (Lipinski definition) is 3. The summed E-state index contributed by atoms with van der Waals surface area (Å²) in [5.74, 6) is 0.363. The molecule has 1 fully saturated rings. The topological polar surface area (TPSA) is 41.5 Å². The van der Waals surface area contributed by atoms with Gasteiger partial charge in [0.2, 0.25) is 0 Å². The maximum atomic E-state index is 12.0. The average molecular weight is 237 g/mol. The van der Waals surface area contributed by atoms with Crippen LogP contribution in [0.1, 0.15) is 26.2 Å². The Morgan fingerprint density at radius 1 is 1.50 bits per heavy atom. The van der Waals surface area contributed by atoms with Crippen LogP contribution in [-0.4, -0.2) is 43.4 Å². The highest BCUT2D eigenvalue weighted by Crippen LogP contribution is 2.39. The Morgan fingerprint density at radius 3 is 2.62 bits per heavy atom. The van der Waals surface area contributed by atoms with Gasteiger partial charge < -0.3 is 15.2 Å². The summed E-state index contributed by atoms with van der Waals surface area (Å²) in [5, 5.41) is 12.7. The smallest absolute Gasteiger partial charge is 0.261 e. The Labute approximate surface area is 95.2 Å². The lowest BCUT2D eigenvalue weighted by atomic mass is 9.95. The molecule has 0 saturated heterocycles. The van der Waals surface area contributed by atoms with Crippen LogP contribution in [0.3, 0.4) is 0 Å². The number of ether oxygens (including phenoxy) is 1. The third kappa shape index (κ3) is 3.96. The summed E-state index contributed by atoms with van der Waals surface area (Å²) in [6.07, 6.45) is 0.579. The molecule has 3 nitrogen and oxygen atoms in total. The first-order chi connectivity index (χ1) is 7.64. The first kappa shape index (κ1) is 13.8. The summed E-state index contributed by atoms with van der Waals surface area (Å²) in [6, 6.07) is 0. The van der Waals surface area contributed by atoms with Crippen LogP contribution in [0.2, 0.25) is 0 Å². The predicted octanol–water partition coefficient (Wildman–Crippen LogP) is 1.41. The van der Waals surface area contributed by atoms with Gasteiger partial charge in [0.25, 0.3) is 6.43 Å². The number of aliphatic hydroxyl groups is 1. The van der Waals surface area contributed by atoms with Gasteiger partial charge in [-0.15, -0.1) is 0 Å². The lowest BCUT2D eigenvalue weighted by Gasteiger charge is -2.33. The van der Waals surface area contributed by atoms with Crippen molar-refractivity contribution in [2.24, 2.45) is 5.92 Å². The van der Waals surface area contributed by atoms with Gasteiger partial charge in [0.1, 0.15) is 6.61 Å². The van der Waals surface area contributed by atoms with Gasteiger partial charge in [-0.3, -0.25) is 0 Å². The van der Waals surface area contributed by atoms with Gasteiger partial charge >= 0.3 is 0 Å². The molecule has 0 aromatic carbocycles. The summed E-state index contributed by atoms with van der Waals surface area (Å²) >= 11 is 0. The first-order valence-corrected chi connectivity index (χ1v) is 5.86. The molecule has 1 unspecified atom stereocenters. The van der Waals surface area contributed by atoms with Crippen LogP contribution in [0.25, 0.3) is 0 Å². The molecule has 5 heteroatoms. The second-order valence-electron chi connectivity index (χ2n) is 4.42. The minimum absolute atomic E-state index is 0.0547. The molecule has 1 aliphatic rings. The van der Waals surface area contributed by atoms with Crippen LogP contribution in [-0.2, 0) is 4.74 Å². The largest absolute Gasteiger partial charge is 0.394 e. The average Bonchev–Trinajstić information content (AvgIpc) is 3.07. The lowest BCUT2D eigenvalue weighted by molar-refractivity contribution is -0.0263. The van der Waals surface area contributed by atoms with E-state index in [0.29, 0.717) is 5.92 Å². The van der Waals surface area contributed by atoms with Gasteiger partial charge in [0.15, 0.2) is 0 Å². The van der Waals surface area contributed by atoms with E-state index in [2.05, 4.69) is 5.32 Å². The first-order valence-electron chi connectivity index (χ1n) is 5.86. The SMILES string of the molecule is CCCNC(CO)(COCC(F)F)C1CC1. The molecule has 1 aliphatic carbocycles. The van der Waals surface area contributed by atoms with Crippen molar-refractivity contribution in [2.75, 3.05) is 26.4 Å². The lowest BCUT2D eigenvalue weighted by Crippen LogP contribution is -2.54. The zero-order chi connectivity index (χ0) is 12.0. The molecule has 16 heavy (non-hydrogen) atoms. The van der Waals surface area contributed by atoms with Crippen molar-refractivity contribution < 1.29 is 18.6 Å². The molecule has 0 radical (unpaired) electrons. The van der Waals surface area contributed by atoms with Gasteiger partial charge in [-0.1, -0.05) is 6.92 Å². The number of halogens is 2. The molecular formula is C11H21F2NO2. The van der Waals surface area contributed by atoms with Crippen LogP contribution in [0.5, 0.6) is 0 Å². The minimum Gasteiger partial charge on any atom is -0.394 e. The molecule has 0 spiro atoms. The quantitative estimate of drug-likeness (QED) is 0.637. The zero-order valence-electron chi connectivity index (χ0n) is 9.72. The molecule has 0 heterocycles. The van der Waals surface area contributed by atoms with E-state index in [0.717, 1.165) is 25.8 Å². The molecule has 1 rings (SSSR count). The number of aliphatic hydroxyl groups excluding tert-OH is 1. The third-order valence-electron chi connectivity index (χ3n) is 2.97. The number of rotatable bonds is 9. The van der Waals surface area contributed by atoms with Crippen LogP contribution in [0.15, 0.2) is 0 Å². The Bertz CT molecular complexity index is 200. The highest BCUT2D eigenvalue weighted by Gasteiger charge is 2.44. The standard InChI is InChI=1S/C11H21F2NO2/c1-2-5-14-11(7-15,9-3-4-9)8-16-6-10(12)13/h9-10,14-15H,2-8H2,1H3. The normalized spacial score (nSPS) is 20.1. The Balaban J connectivity index is 2.41. The van der Waals surface area contributed by atoms with Crippen LogP contribution in [0, 0.1) is 5.92 Å². The molecule has 0 aliphatic heterocycles. The molecule has 0 aromatic heterocycles. The van der Waals surface area contributed by atoms with E-state index in [1.54, 1.807) is 0 Å². The Morgan fingerprint density at radius 2 is 2.19 bits per heavy atom. The second-order valence-corrected chi connectivity index (χ2v) is 4.42. The fraction of sp³-hybridized carbons (Fsp3) is 1.00. The molecule has 0 aromatic rings. The molecule has 0 amide bonds. The van der Waals surface area contributed by atoms with Crippen molar-refractivity contribution in [3.05, 3.63) is 0 Å². The van der Waals surface area contributed by atoms with E-state index in [1.807, 2.05) is 6.92 Å². The molecule has 96 valence electrons.